The normalized spacial score (nSPS) is 14.7. The fourth-order valence-electron chi connectivity index (χ4n) is 1.46. The first-order valence-electron chi connectivity index (χ1n) is 5.43. The summed E-state index contributed by atoms with van der Waals surface area (Å²) in [5, 5.41) is 3.23. The lowest BCUT2D eigenvalue weighted by Crippen LogP contribution is -2.50. The van der Waals surface area contributed by atoms with Gasteiger partial charge in [-0.25, -0.2) is 0 Å². The summed E-state index contributed by atoms with van der Waals surface area (Å²) in [6.07, 6.45) is 2.57. The lowest BCUT2D eigenvalue weighted by Gasteiger charge is -2.27. The number of nitrogens with one attached hydrogen (secondary N) is 1. The number of methoxy groups -OCH3 is 2. The van der Waals surface area contributed by atoms with Gasteiger partial charge >= 0.3 is 5.97 Å². The molecule has 0 aliphatic heterocycles. The summed E-state index contributed by atoms with van der Waals surface area (Å²) in [7, 11) is 3.08. The average Bonchev–Trinajstić information content (AvgIpc) is 2.25. The molecule has 0 aliphatic carbocycles. The molecule has 0 aliphatic rings. The molecule has 0 bridgehead atoms. The molecule has 1 N–H and O–H groups in total. The first-order valence-corrected chi connectivity index (χ1v) is 5.43. The summed E-state index contributed by atoms with van der Waals surface area (Å²) in [5.74, 6) is -0.202. The van der Waals surface area contributed by atoms with Crippen LogP contribution in [0.15, 0.2) is 0 Å². The summed E-state index contributed by atoms with van der Waals surface area (Å²) in [6.45, 7) is 5.43. The van der Waals surface area contributed by atoms with E-state index in [2.05, 4.69) is 12.2 Å². The Hall–Kier alpha value is -0.610. The average molecular weight is 217 g/mol. The van der Waals surface area contributed by atoms with Crippen LogP contribution < -0.4 is 5.32 Å². The lowest BCUT2D eigenvalue weighted by atomic mass is 9.96. The predicted molar refractivity (Wildman–Crippen MR) is 59.8 cm³/mol. The molecule has 1 atom stereocenters. The van der Waals surface area contributed by atoms with Crippen molar-refractivity contribution in [2.45, 2.75) is 38.6 Å². The van der Waals surface area contributed by atoms with Crippen LogP contribution >= 0.6 is 0 Å². The van der Waals surface area contributed by atoms with Gasteiger partial charge < -0.3 is 14.8 Å². The SMILES string of the molecule is CCCNC(C)(CCCOC)C(=O)OC. The van der Waals surface area contributed by atoms with E-state index in [1.54, 1.807) is 7.11 Å². The molecule has 0 saturated carbocycles. The lowest BCUT2D eigenvalue weighted by molar-refractivity contribution is -0.148. The second-order valence-corrected chi connectivity index (χ2v) is 3.85. The standard InChI is InChI=1S/C11H23NO3/c1-5-8-12-11(2,10(13)15-4)7-6-9-14-3/h12H,5-9H2,1-4H3. The van der Waals surface area contributed by atoms with Crippen molar-refractivity contribution in [3.05, 3.63) is 0 Å². The molecule has 0 fully saturated rings. The van der Waals surface area contributed by atoms with E-state index >= 15 is 0 Å². The molecule has 0 aromatic rings. The molecule has 0 heterocycles. The maximum atomic E-state index is 11.6. The predicted octanol–water partition coefficient (Wildman–Crippen LogP) is 1.34. The number of hydrogen-bond donors (Lipinski definition) is 1. The summed E-state index contributed by atoms with van der Waals surface area (Å²) in [6, 6.07) is 0. The van der Waals surface area contributed by atoms with Crippen molar-refractivity contribution in [1.29, 1.82) is 0 Å². The van der Waals surface area contributed by atoms with Gasteiger partial charge in [0, 0.05) is 13.7 Å². The molecule has 0 saturated heterocycles. The highest BCUT2D eigenvalue weighted by molar-refractivity contribution is 5.80. The molecule has 0 aromatic heterocycles. The number of ether oxygens (including phenoxy) is 2. The number of carbonyl (C=O) groups excluding carboxylic acids is 1. The van der Waals surface area contributed by atoms with Gasteiger partial charge in [-0.3, -0.25) is 4.79 Å². The Bertz CT molecular complexity index is 185. The van der Waals surface area contributed by atoms with E-state index in [0.717, 1.165) is 25.8 Å². The van der Waals surface area contributed by atoms with Crippen LogP contribution in [0.4, 0.5) is 0 Å². The van der Waals surface area contributed by atoms with Crippen molar-refractivity contribution in [2.24, 2.45) is 0 Å². The summed E-state index contributed by atoms with van der Waals surface area (Å²) in [5.41, 5.74) is -0.580. The molecule has 0 spiro atoms. The first-order chi connectivity index (χ1) is 7.10. The van der Waals surface area contributed by atoms with Crippen LogP contribution in [0.1, 0.15) is 33.1 Å². The van der Waals surface area contributed by atoms with Crippen molar-refractivity contribution in [1.82, 2.24) is 5.32 Å². The summed E-state index contributed by atoms with van der Waals surface area (Å²) >= 11 is 0. The molecule has 0 amide bonds. The zero-order valence-electron chi connectivity index (χ0n) is 10.3. The van der Waals surface area contributed by atoms with E-state index in [4.69, 9.17) is 9.47 Å². The minimum atomic E-state index is -0.580. The molecule has 15 heavy (non-hydrogen) atoms. The molecule has 4 heteroatoms. The van der Waals surface area contributed by atoms with Gasteiger partial charge in [-0.15, -0.1) is 0 Å². The third-order valence-corrected chi connectivity index (χ3v) is 2.43. The van der Waals surface area contributed by atoms with Crippen molar-refractivity contribution in [2.75, 3.05) is 27.4 Å². The first kappa shape index (κ1) is 14.4. The molecule has 90 valence electrons. The van der Waals surface area contributed by atoms with E-state index in [0.29, 0.717) is 6.61 Å². The monoisotopic (exact) mass is 217 g/mol. The van der Waals surface area contributed by atoms with Crippen molar-refractivity contribution >= 4 is 5.97 Å². The fraction of sp³-hybridized carbons (Fsp3) is 0.909. The Labute approximate surface area is 92.3 Å². The van der Waals surface area contributed by atoms with Gasteiger partial charge in [0.2, 0.25) is 0 Å². The molecule has 0 aromatic carbocycles. The van der Waals surface area contributed by atoms with E-state index in [1.165, 1.54) is 7.11 Å². The van der Waals surface area contributed by atoms with Crippen LogP contribution in [0.5, 0.6) is 0 Å². The third kappa shape index (κ3) is 5.14. The van der Waals surface area contributed by atoms with Gasteiger partial charge in [0.05, 0.1) is 7.11 Å². The van der Waals surface area contributed by atoms with E-state index < -0.39 is 5.54 Å². The second kappa shape index (κ2) is 7.65. The van der Waals surface area contributed by atoms with E-state index in [9.17, 15) is 4.79 Å². The molecule has 0 radical (unpaired) electrons. The summed E-state index contributed by atoms with van der Waals surface area (Å²) < 4.78 is 9.78. The Morgan fingerprint density at radius 1 is 1.40 bits per heavy atom. The van der Waals surface area contributed by atoms with Crippen molar-refractivity contribution in [3.63, 3.8) is 0 Å². The Balaban J connectivity index is 4.20. The third-order valence-electron chi connectivity index (χ3n) is 2.43. The second-order valence-electron chi connectivity index (χ2n) is 3.85. The van der Waals surface area contributed by atoms with Gasteiger partial charge in [-0.1, -0.05) is 6.92 Å². The molecule has 0 rings (SSSR count). The van der Waals surface area contributed by atoms with Crippen LogP contribution in [0.3, 0.4) is 0 Å². The highest BCUT2D eigenvalue weighted by atomic mass is 16.5. The maximum absolute atomic E-state index is 11.6. The van der Waals surface area contributed by atoms with E-state index in [-0.39, 0.29) is 5.97 Å². The zero-order valence-corrected chi connectivity index (χ0v) is 10.3. The topological polar surface area (TPSA) is 47.6 Å². The maximum Gasteiger partial charge on any atom is 0.325 e. The van der Waals surface area contributed by atoms with Gasteiger partial charge in [0.25, 0.3) is 0 Å². The van der Waals surface area contributed by atoms with Crippen molar-refractivity contribution in [3.8, 4) is 0 Å². The minimum Gasteiger partial charge on any atom is -0.468 e. The molecular formula is C11H23NO3. The van der Waals surface area contributed by atoms with Crippen LogP contribution in [0.25, 0.3) is 0 Å². The van der Waals surface area contributed by atoms with Gasteiger partial charge in [0.1, 0.15) is 5.54 Å². The van der Waals surface area contributed by atoms with Crippen molar-refractivity contribution < 1.29 is 14.3 Å². The molecular weight excluding hydrogens is 194 g/mol. The quantitative estimate of drug-likeness (QED) is 0.492. The number of esters is 1. The minimum absolute atomic E-state index is 0.202. The van der Waals surface area contributed by atoms with Gasteiger partial charge in [-0.2, -0.15) is 0 Å². The number of hydrogen-bond acceptors (Lipinski definition) is 4. The van der Waals surface area contributed by atoms with Crippen LogP contribution in [0.2, 0.25) is 0 Å². The number of rotatable bonds is 8. The Kier molecular flexibility index (Phi) is 7.34. The van der Waals surface area contributed by atoms with E-state index in [1.807, 2.05) is 6.92 Å². The van der Waals surface area contributed by atoms with Crippen LogP contribution in [0, 0.1) is 0 Å². The molecule has 4 nitrogen and oxygen atoms in total. The molecule has 1 unspecified atom stereocenters. The Morgan fingerprint density at radius 2 is 2.07 bits per heavy atom. The van der Waals surface area contributed by atoms with Gasteiger partial charge in [-0.05, 0) is 32.7 Å². The zero-order chi connectivity index (χ0) is 11.7. The highest BCUT2D eigenvalue weighted by Crippen LogP contribution is 2.14. The fourth-order valence-corrected chi connectivity index (χ4v) is 1.46. The largest absolute Gasteiger partial charge is 0.468 e. The number of carbonyl (C=O) groups is 1. The van der Waals surface area contributed by atoms with Crippen LogP contribution in [-0.2, 0) is 14.3 Å². The van der Waals surface area contributed by atoms with Crippen LogP contribution in [-0.4, -0.2) is 38.9 Å². The Morgan fingerprint density at radius 3 is 2.53 bits per heavy atom. The van der Waals surface area contributed by atoms with Gasteiger partial charge in [0.15, 0.2) is 0 Å². The summed E-state index contributed by atoms with van der Waals surface area (Å²) in [4.78, 5) is 11.6. The smallest absolute Gasteiger partial charge is 0.325 e. The highest BCUT2D eigenvalue weighted by Gasteiger charge is 2.32.